The first kappa shape index (κ1) is 14.4. The molecule has 0 bridgehead atoms. The summed E-state index contributed by atoms with van der Waals surface area (Å²) in [5.41, 5.74) is 4.02. The summed E-state index contributed by atoms with van der Waals surface area (Å²) in [6.07, 6.45) is 5.48. The van der Waals surface area contributed by atoms with Crippen molar-refractivity contribution in [1.82, 2.24) is 0 Å². The normalized spacial score (nSPS) is 21.5. The number of rotatable bonds is 7. The van der Waals surface area contributed by atoms with Crippen molar-refractivity contribution < 1.29 is 9.47 Å². The minimum Gasteiger partial charge on any atom is -0.493 e. The zero-order valence-electron chi connectivity index (χ0n) is 12.7. The molecule has 106 valence electrons. The quantitative estimate of drug-likeness (QED) is 0.687. The van der Waals surface area contributed by atoms with Gasteiger partial charge >= 0.3 is 0 Å². The van der Waals surface area contributed by atoms with Gasteiger partial charge in [0.2, 0.25) is 0 Å². The van der Waals surface area contributed by atoms with Gasteiger partial charge in [0, 0.05) is 0 Å². The van der Waals surface area contributed by atoms with E-state index in [1.807, 2.05) is 0 Å². The van der Waals surface area contributed by atoms with Gasteiger partial charge in [0.25, 0.3) is 0 Å². The first-order valence-electron chi connectivity index (χ1n) is 7.54. The van der Waals surface area contributed by atoms with Gasteiger partial charge in [-0.3, -0.25) is 0 Å². The highest BCUT2D eigenvalue weighted by atomic mass is 16.6. The fourth-order valence-corrected chi connectivity index (χ4v) is 2.58. The molecule has 2 rings (SSSR count). The molecule has 0 aliphatic carbocycles. The predicted octanol–water partition coefficient (Wildman–Crippen LogP) is 4.20. The molecule has 2 atom stereocenters. The van der Waals surface area contributed by atoms with Crippen LogP contribution in [0.3, 0.4) is 0 Å². The molecule has 2 unspecified atom stereocenters. The lowest BCUT2D eigenvalue weighted by Crippen LogP contribution is -2.01. The first-order chi connectivity index (χ1) is 9.15. The Kier molecular flexibility index (Phi) is 4.87. The fraction of sp³-hybridized carbons (Fsp3) is 0.647. The van der Waals surface area contributed by atoms with E-state index in [0.717, 1.165) is 38.0 Å². The molecule has 1 heterocycles. The molecule has 0 saturated carbocycles. The van der Waals surface area contributed by atoms with E-state index in [-0.39, 0.29) is 0 Å². The van der Waals surface area contributed by atoms with Crippen LogP contribution < -0.4 is 4.74 Å². The van der Waals surface area contributed by atoms with Crippen LogP contribution in [0.25, 0.3) is 0 Å². The van der Waals surface area contributed by atoms with Gasteiger partial charge in [-0.1, -0.05) is 19.9 Å². The van der Waals surface area contributed by atoms with Crippen molar-refractivity contribution in [3.8, 4) is 5.75 Å². The van der Waals surface area contributed by atoms with Crippen molar-refractivity contribution in [3.63, 3.8) is 0 Å². The Bertz CT molecular complexity index is 426. The first-order valence-corrected chi connectivity index (χ1v) is 7.54. The lowest BCUT2D eigenvalue weighted by Gasteiger charge is -2.13. The maximum atomic E-state index is 5.77. The minimum absolute atomic E-state index is 0.501. The average Bonchev–Trinajstić information content (AvgIpc) is 3.16. The Morgan fingerprint density at radius 3 is 2.53 bits per heavy atom. The van der Waals surface area contributed by atoms with Crippen LogP contribution in [0.15, 0.2) is 12.1 Å². The van der Waals surface area contributed by atoms with E-state index in [1.54, 1.807) is 0 Å². The third-order valence-corrected chi connectivity index (χ3v) is 3.88. The molecular formula is C17H26O2. The fourth-order valence-electron chi connectivity index (χ4n) is 2.58. The van der Waals surface area contributed by atoms with Crippen molar-refractivity contribution in [2.45, 2.75) is 65.6 Å². The molecule has 1 saturated heterocycles. The van der Waals surface area contributed by atoms with E-state index < -0.39 is 0 Å². The topological polar surface area (TPSA) is 21.8 Å². The maximum absolute atomic E-state index is 5.77. The number of hydrogen-bond donors (Lipinski definition) is 0. The molecule has 19 heavy (non-hydrogen) atoms. The van der Waals surface area contributed by atoms with Crippen LogP contribution in [0, 0.1) is 13.8 Å². The summed E-state index contributed by atoms with van der Waals surface area (Å²) in [4.78, 5) is 0. The maximum Gasteiger partial charge on any atom is 0.122 e. The molecular weight excluding hydrogens is 236 g/mol. The summed E-state index contributed by atoms with van der Waals surface area (Å²) in [6.45, 7) is 9.44. The standard InChI is InChI=1S/C17H26O2/c1-5-9-18-17-11-12(3)14(10-13(17)4)7-8-16-15(6-2)19-16/h10-11,15-16H,5-9H2,1-4H3. The van der Waals surface area contributed by atoms with Crippen molar-refractivity contribution in [3.05, 3.63) is 28.8 Å². The number of hydrogen-bond acceptors (Lipinski definition) is 2. The molecule has 1 aliphatic heterocycles. The molecule has 0 radical (unpaired) electrons. The molecule has 1 fully saturated rings. The van der Waals surface area contributed by atoms with Crippen LogP contribution in [0.5, 0.6) is 5.75 Å². The molecule has 0 N–H and O–H groups in total. The zero-order valence-corrected chi connectivity index (χ0v) is 12.7. The van der Waals surface area contributed by atoms with Crippen LogP contribution in [-0.2, 0) is 11.2 Å². The average molecular weight is 262 g/mol. The van der Waals surface area contributed by atoms with Gasteiger partial charge in [-0.2, -0.15) is 0 Å². The van der Waals surface area contributed by atoms with E-state index in [0.29, 0.717) is 12.2 Å². The summed E-state index contributed by atoms with van der Waals surface area (Å²) in [5.74, 6) is 1.04. The molecule has 1 aliphatic rings. The van der Waals surface area contributed by atoms with E-state index in [4.69, 9.17) is 9.47 Å². The Balaban J connectivity index is 1.95. The predicted molar refractivity (Wildman–Crippen MR) is 79.0 cm³/mol. The molecule has 0 aromatic heterocycles. The lowest BCUT2D eigenvalue weighted by molar-refractivity contribution is 0.315. The highest BCUT2D eigenvalue weighted by molar-refractivity contribution is 5.41. The molecule has 1 aromatic rings. The number of benzene rings is 1. The molecule has 1 aromatic carbocycles. The Hall–Kier alpha value is -1.02. The second kappa shape index (κ2) is 6.42. The summed E-state index contributed by atoms with van der Waals surface area (Å²) in [7, 11) is 0. The van der Waals surface area contributed by atoms with Crippen molar-refractivity contribution >= 4 is 0 Å². The third kappa shape index (κ3) is 3.73. The van der Waals surface area contributed by atoms with Crippen LogP contribution in [0.2, 0.25) is 0 Å². The van der Waals surface area contributed by atoms with E-state index in [9.17, 15) is 0 Å². The van der Waals surface area contributed by atoms with Gasteiger partial charge in [-0.15, -0.1) is 0 Å². The lowest BCUT2D eigenvalue weighted by atomic mass is 9.99. The third-order valence-electron chi connectivity index (χ3n) is 3.88. The van der Waals surface area contributed by atoms with Gasteiger partial charge in [0.05, 0.1) is 18.8 Å². The number of aryl methyl sites for hydroxylation is 3. The Morgan fingerprint density at radius 2 is 1.89 bits per heavy atom. The summed E-state index contributed by atoms with van der Waals surface area (Å²) < 4.78 is 11.4. The van der Waals surface area contributed by atoms with Gasteiger partial charge in [-0.05, 0) is 62.3 Å². The molecule has 2 heteroatoms. The Labute approximate surface area is 117 Å². The highest BCUT2D eigenvalue weighted by Gasteiger charge is 2.36. The van der Waals surface area contributed by atoms with E-state index in [1.165, 1.54) is 16.7 Å². The second-order valence-electron chi connectivity index (χ2n) is 5.55. The Morgan fingerprint density at radius 1 is 1.11 bits per heavy atom. The molecule has 2 nitrogen and oxygen atoms in total. The van der Waals surface area contributed by atoms with Crippen LogP contribution in [-0.4, -0.2) is 18.8 Å². The zero-order chi connectivity index (χ0) is 13.8. The van der Waals surface area contributed by atoms with Crippen LogP contribution in [0.1, 0.15) is 49.8 Å². The minimum atomic E-state index is 0.501. The summed E-state index contributed by atoms with van der Waals surface area (Å²) >= 11 is 0. The summed E-state index contributed by atoms with van der Waals surface area (Å²) in [6, 6.07) is 4.47. The van der Waals surface area contributed by atoms with Crippen LogP contribution >= 0.6 is 0 Å². The van der Waals surface area contributed by atoms with Gasteiger partial charge in [0.15, 0.2) is 0 Å². The van der Waals surface area contributed by atoms with E-state index in [2.05, 4.69) is 39.8 Å². The summed E-state index contributed by atoms with van der Waals surface area (Å²) in [5, 5.41) is 0. The number of ether oxygens (including phenoxy) is 2. The van der Waals surface area contributed by atoms with Crippen molar-refractivity contribution in [2.75, 3.05) is 6.61 Å². The van der Waals surface area contributed by atoms with Crippen molar-refractivity contribution in [1.29, 1.82) is 0 Å². The molecule has 0 spiro atoms. The SMILES string of the molecule is CCCOc1cc(C)c(CCC2OC2CC)cc1C. The number of epoxide rings is 1. The van der Waals surface area contributed by atoms with Gasteiger partial charge in [-0.25, -0.2) is 0 Å². The second-order valence-corrected chi connectivity index (χ2v) is 5.55. The van der Waals surface area contributed by atoms with Crippen molar-refractivity contribution in [2.24, 2.45) is 0 Å². The van der Waals surface area contributed by atoms with Gasteiger partial charge in [0.1, 0.15) is 5.75 Å². The smallest absolute Gasteiger partial charge is 0.122 e. The monoisotopic (exact) mass is 262 g/mol. The molecule has 0 amide bonds. The largest absolute Gasteiger partial charge is 0.493 e. The van der Waals surface area contributed by atoms with E-state index >= 15 is 0 Å². The van der Waals surface area contributed by atoms with Gasteiger partial charge < -0.3 is 9.47 Å². The highest BCUT2D eigenvalue weighted by Crippen LogP contribution is 2.31. The van der Waals surface area contributed by atoms with Crippen LogP contribution in [0.4, 0.5) is 0 Å².